The van der Waals surface area contributed by atoms with E-state index in [0.29, 0.717) is 18.8 Å². The molecule has 3 rings (SSSR count). The van der Waals surface area contributed by atoms with Crippen LogP contribution in [0.15, 0.2) is 34.8 Å². The topological polar surface area (TPSA) is 71.0 Å². The third-order valence-corrected chi connectivity index (χ3v) is 6.81. The number of carbonyl (C=O) groups excluding carboxylic acids is 2. The van der Waals surface area contributed by atoms with Gasteiger partial charge in [0.1, 0.15) is 12.3 Å². The van der Waals surface area contributed by atoms with Crippen LogP contribution in [0.2, 0.25) is 5.02 Å². The van der Waals surface area contributed by atoms with Crippen LogP contribution in [0.3, 0.4) is 0 Å². The van der Waals surface area contributed by atoms with Gasteiger partial charge in [0.15, 0.2) is 5.78 Å². The lowest BCUT2D eigenvalue weighted by molar-refractivity contribution is -0.137. The van der Waals surface area contributed by atoms with Crippen LogP contribution in [0.4, 0.5) is 18.0 Å². The zero-order valence-electron chi connectivity index (χ0n) is 20.8. The van der Waals surface area contributed by atoms with E-state index in [1.54, 1.807) is 6.08 Å². The van der Waals surface area contributed by atoms with Crippen LogP contribution in [0, 0.1) is 17.8 Å². The first-order valence-corrected chi connectivity index (χ1v) is 12.6. The van der Waals surface area contributed by atoms with E-state index < -0.39 is 17.8 Å². The van der Waals surface area contributed by atoms with Crippen molar-refractivity contribution in [1.82, 2.24) is 10.2 Å². The summed E-state index contributed by atoms with van der Waals surface area (Å²) in [6.07, 6.45) is -1.85. The largest absolute Gasteiger partial charge is 0.445 e. The zero-order valence-corrected chi connectivity index (χ0v) is 21.6. The van der Waals surface area contributed by atoms with Gasteiger partial charge in [-0.05, 0) is 66.8 Å². The maximum Gasteiger partial charge on any atom is 0.416 e. The second-order valence-corrected chi connectivity index (χ2v) is 10.1. The minimum absolute atomic E-state index is 0.0376. The highest BCUT2D eigenvalue weighted by Gasteiger charge is 2.36. The molecule has 2 heterocycles. The average Bonchev–Trinajstić information content (AvgIpc) is 3.27. The number of benzene rings is 1. The van der Waals surface area contributed by atoms with Crippen LogP contribution < -0.4 is 5.32 Å². The van der Waals surface area contributed by atoms with Crippen molar-refractivity contribution in [2.24, 2.45) is 22.7 Å². The highest BCUT2D eigenvalue weighted by Crippen LogP contribution is 2.32. The fourth-order valence-electron chi connectivity index (χ4n) is 4.72. The molecular formula is C26H33ClF3N3O3. The lowest BCUT2D eigenvalue weighted by atomic mass is 9.76. The molecule has 1 saturated heterocycles. The molecule has 2 aliphatic rings. The number of alkyl halides is 3. The molecule has 0 radical (unpaired) electrons. The van der Waals surface area contributed by atoms with Crippen molar-refractivity contribution < 1.29 is 27.5 Å². The molecule has 1 fully saturated rings. The number of nitrogens with zero attached hydrogens (tertiary/aromatic N) is 2. The molecule has 198 valence electrons. The van der Waals surface area contributed by atoms with E-state index in [0.717, 1.165) is 43.6 Å². The van der Waals surface area contributed by atoms with Gasteiger partial charge in [-0.1, -0.05) is 38.8 Å². The van der Waals surface area contributed by atoms with Gasteiger partial charge in [0.25, 0.3) is 0 Å². The highest BCUT2D eigenvalue weighted by molar-refractivity contribution is 6.45. The smallest absolute Gasteiger partial charge is 0.416 e. The van der Waals surface area contributed by atoms with Crippen molar-refractivity contribution in [3.05, 3.63) is 46.0 Å². The maximum atomic E-state index is 13.1. The number of amides is 1. The van der Waals surface area contributed by atoms with E-state index in [4.69, 9.17) is 16.3 Å². The lowest BCUT2D eigenvalue weighted by Gasteiger charge is -2.33. The first-order chi connectivity index (χ1) is 17.0. The Labute approximate surface area is 214 Å². The second-order valence-electron chi connectivity index (χ2n) is 9.68. The number of unbranched alkanes of at least 4 members (excludes halogenated alkanes) is 1. The van der Waals surface area contributed by atoms with Gasteiger partial charge < -0.3 is 15.0 Å². The fraction of sp³-hybridized carbons (Fsp3) is 0.577. The third-order valence-electron chi connectivity index (χ3n) is 6.59. The van der Waals surface area contributed by atoms with Gasteiger partial charge in [-0.25, -0.2) is 4.79 Å². The molecular weight excluding hydrogens is 495 g/mol. The maximum absolute atomic E-state index is 13.1. The molecule has 0 unspecified atom stereocenters. The average molecular weight is 528 g/mol. The summed E-state index contributed by atoms with van der Waals surface area (Å²) in [5, 5.41) is 3.25. The van der Waals surface area contributed by atoms with Crippen LogP contribution in [0.25, 0.3) is 0 Å². The predicted octanol–water partition coefficient (Wildman–Crippen LogP) is 5.54. The molecule has 36 heavy (non-hydrogen) atoms. The van der Waals surface area contributed by atoms with E-state index in [2.05, 4.69) is 24.2 Å². The summed E-state index contributed by atoms with van der Waals surface area (Å²) < 4.78 is 44.6. The summed E-state index contributed by atoms with van der Waals surface area (Å²) in [6.45, 7) is 8.34. The van der Waals surface area contributed by atoms with Crippen molar-refractivity contribution in [3.8, 4) is 0 Å². The molecule has 2 atom stereocenters. The van der Waals surface area contributed by atoms with Crippen LogP contribution >= 0.6 is 11.6 Å². The Balaban J connectivity index is 1.65. The number of ketones is 1. The normalized spacial score (nSPS) is 20.6. The summed E-state index contributed by atoms with van der Waals surface area (Å²) in [5.74, 6) is 0.361. The number of nitrogens with one attached hydrogen (secondary N) is 1. The Kier molecular flexibility index (Phi) is 9.58. The van der Waals surface area contributed by atoms with E-state index in [-0.39, 0.29) is 47.3 Å². The SMILES string of the molecule is CCCCN(CC1=CC(C(=O)C2[C@@H](C)CNC[C@@H]2C)=NC1)C(=O)OCc1cc(Cl)cc(C(F)(F)F)c1. The summed E-state index contributed by atoms with van der Waals surface area (Å²) in [6, 6.07) is 3.09. The molecule has 0 saturated carbocycles. The Morgan fingerprint density at radius 1 is 1.19 bits per heavy atom. The van der Waals surface area contributed by atoms with Crippen LogP contribution in [-0.2, 0) is 22.3 Å². The summed E-state index contributed by atoms with van der Waals surface area (Å²) in [4.78, 5) is 31.9. The molecule has 0 spiro atoms. The third kappa shape index (κ3) is 7.32. The molecule has 1 amide bonds. The molecule has 6 nitrogen and oxygen atoms in total. The molecule has 0 bridgehead atoms. The predicted molar refractivity (Wildman–Crippen MR) is 133 cm³/mol. The number of piperidine rings is 1. The summed E-state index contributed by atoms with van der Waals surface area (Å²) in [5.41, 5.74) is 0.521. The van der Waals surface area contributed by atoms with E-state index in [9.17, 15) is 22.8 Å². The number of halogens is 4. The molecule has 0 aliphatic carbocycles. The number of allylic oxidation sites excluding steroid dienone is 1. The van der Waals surface area contributed by atoms with Gasteiger partial charge in [-0.2, -0.15) is 13.2 Å². The quantitative estimate of drug-likeness (QED) is 0.458. The van der Waals surface area contributed by atoms with Crippen molar-refractivity contribution in [2.45, 2.75) is 46.4 Å². The number of hydrogen-bond donors (Lipinski definition) is 1. The molecule has 10 heteroatoms. The standard InChI is InChI=1S/C26H33ClF3N3O3/c1-4-5-6-33(25(35)36-15-18-7-20(26(28,29)30)10-21(27)8-18)14-19-9-22(32-13-19)24(34)23-16(2)11-31-12-17(23)3/h7-10,16-17,23,31H,4-6,11-15H2,1-3H3/t16-,17-/m0/s1. The first kappa shape index (κ1) is 28.2. The molecule has 1 N–H and O–H groups in total. The number of aliphatic imine (C=N–C) groups is 1. The van der Waals surface area contributed by atoms with Gasteiger partial charge in [0.05, 0.1) is 12.1 Å². The van der Waals surface area contributed by atoms with E-state index >= 15 is 0 Å². The summed E-state index contributed by atoms with van der Waals surface area (Å²) >= 11 is 5.83. The lowest BCUT2D eigenvalue weighted by Crippen LogP contribution is -2.46. The number of carbonyl (C=O) groups is 2. The van der Waals surface area contributed by atoms with Gasteiger partial charge in [-0.15, -0.1) is 0 Å². The monoisotopic (exact) mass is 527 g/mol. The Hall–Kier alpha value is -2.39. The Morgan fingerprint density at radius 2 is 1.89 bits per heavy atom. The van der Waals surface area contributed by atoms with Gasteiger partial charge in [-0.3, -0.25) is 9.79 Å². The van der Waals surface area contributed by atoms with Crippen molar-refractivity contribution >= 4 is 29.2 Å². The van der Waals surface area contributed by atoms with Crippen molar-refractivity contribution in [2.75, 3.05) is 32.7 Å². The highest BCUT2D eigenvalue weighted by atomic mass is 35.5. The minimum Gasteiger partial charge on any atom is -0.445 e. The van der Waals surface area contributed by atoms with E-state index in [1.165, 1.54) is 11.0 Å². The van der Waals surface area contributed by atoms with Gasteiger partial charge >= 0.3 is 12.3 Å². The minimum atomic E-state index is -4.55. The number of rotatable bonds is 9. The van der Waals surface area contributed by atoms with E-state index in [1.807, 2.05) is 6.92 Å². The summed E-state index contributed by atoms with van der Waals surface area (Å²) in [7, 11) is 0. The van der Waals surface area contributed by atoms with Crippen LogP contribution in [-0.4, -0.2) is 55.2 Å². The first-order valence-electron chi connectivity index (χ1n) is 12.3. The zero-order chi connectivity index (χ0) is 26.5. The van der Waals surface area contributed by atoms with Crippen molar-refractivity contribution in [3.63, 3.8) is 0 Å². The number of hydrogen-bond acceptors (Lipinski definition) is 5. The second kappa shape index (κ2) is 12.2. The Morgan fingerprint density at radius 3 is 2.53 bits per heavy atom. The fourth-order valence-corrected chi connectivity index (χ4v) is 4.98. The van der Waals surface area contributed by atoms with Crippen molar-refractivity contribution in [1.29, 1.82) is 0 Å². The van der Waals surface area contributed by atoms with Crippen LogP contribution in [0.5, 0.6) is 0 Å². The number of Topliss-reactive ketones (excluding diaryl/α,β-unsaturated/α-hetero) is 1. The van der Waals surface area contributed by atoms with Gasteiger partial charge in [0, 0.05) is 24.0 Å². The molecule has 1 aromatic carbocycles. The molecule has 0 aromatic heterocycles. The molecule has 1 aromatic rings. The van der Waals surface area contributed by atoms with Gasteiger partial charge in [0.2, 0.25) is 0 Å². The number of ether oxygens (including phenoxy) is 1. The Bertz CT molecular complexity index is 1020. The van der Waals surface area contributed by atoms with Crippen LogP contribution in [0.1, 0.15) is 44.7 Å². The molecule has 2 aliphatic heterocycles.